The third kappa shape index (κ3) is 6.01. The number of nitrogens with zero attached hydrogens (tertiary/aromatic N) is 2. The lowest BCUT2D eigenvalue weighted by molar-refractivity contribution is -0.118. The van der Waals surface area contributed by atoms with Gasteiger partial charge in [-0.15, -0.1) is 11.3 Å². The van der Waals surface area contributed by atoms with Gasteiger partial charge in [-0.1, -0.05) is 36.4 Å². The molecule has 2 N–H and O–H groups in total. The minimum Gasteiger partial charge on any atom is -0.493 e. The van der Waals surface area contributed by atoms with Gasteiger partial charge >= 0.3 is 0 Å². The molecule has 0 atom stereocenters. The van der Waals surface area contributed by atoms with E-state index in [2.05, 4.69) is 15.6 Å². The van der Waals surface area contributed by atoms with E-state index < -0.39 is 5.91 Å². The van der Waals surface area contributed by atoms with E-state index in [1.54, 1.807) is 35.8 Å². The summed E-state index contributed by atoms with van der Waals surface area (Å²) in [5.74, 6) is -0.185. The Hall–Kier alpha value is -4.68. The van der Waals surface area contributed by atoms with Gasteiger partial charge in [0.15, 0.2) is 23.2 Å². The number of methoxy groups -OCH3 is 1. The lowest BCUT2D eigenvalue weighted by Gasteiger charge is -2.11. The molecule has 2 amide bonds. The normalized spacial score (nSPS) is 10.9. The predicted molar refractivity (Wildman–Crippen MR) is 135 cm³/mol. The second-order valence-corrected chi connectivity index (χ2v) is 8.16. The average molecular weight is 485 g/mol. The number of thiazole rings is 1. The summed E-state index contributed by atoms with van der Waals surface area (Å²) < 4.78 is 10.9. The van der Waals surface area contributed by atoms with E-state index in [9.17, 15) is 14.9 Å². The molecule has 1 aromatic heterocycles. The molecule has 9 heteroatoms. The fourth-order valence-electron chi connectivity index (χ4n) is 3.26. The number of amides is 2. The monoisotopic (exact) mass is 484 g/mol. The van der Waals surface area contributed by atoms with E-state index in [1.807, 2.05) is 42.5 Å². The van der Waals surface area contributed by atoms with Crippen molar-refractivity contribution >= 4 is 50.8 Å². The summed E-state index contributed by atoms with van der Waals surface area (Å²) in [5, 5.41) is 19.2. The van der Waals surface area contributed by atoms with Crippen molar-refractivity contribution in [2.24, 2.45) is 0 Å². The molecule has 0 fully saturated rings. The van der Waals surface area contributed by atoms with Crippen LogP contribution in [0.1, 0.15) is 5.56 Å². The van der Waals surface area contributed by atoms with Crippen LogP contribution in [0.2, 0.25) is 0 Å². The largest absolute Gasteiger partial charge is 0.493 e. The molecule has 0 spiro atoms. The van der Waals surface area contributed by atoms with Crippen LogP contribution in [-0.4, -0.2) is 30.5 Å². The van der Waals surface area contributed by atoms with Crippen LogP contribution >= 0.6 is 11.3 Å². The maximum Gasteiger partial charge on any atom is 0.266 e. The second-order valence-electron chi connectivity index (χ2n) is 7.27. The fraction of sp³-hybridized carbons (Fsp3) is 0.0769. The Balaban J connectivity index is 1.44. The van der Waals surface area contributed by atoms with E-state index in [4.69, 9.17) is 9.47 Å². The zero-order valence-corrected chi connectivity index (χ0v) is 19.5. The minimum absolute atomic E-state index is 0.0725. The zero-order valence-electron chi connectivity index (χ0n) is 18.6. The molecule has 0 radical (unpaired) electrons. The van der Waals surface area contributed by atoms with Crippen molar-refractivity contribution in [1.82, 2.24) is 4.98 Å². The zero-order chi connectivity index (χ0) is 24.6. The van der Waals surface area contributed by atoms with Crippen LogP contribution in [-0.2, 0) is 9.59 Å². The van der Waals surface area contributed by atoms with Gasteiger partial charge in [0.25, 0.3) is 11.8 Å². The number of nitriles is 1. The summed E-state index contributed by atoms with van der Waals surface area (Å²) in [7, 11) is 1.46. The molecule has 35 heavy (non-hydrogen) atoms. The lowest BCUT2D eigenvalue weighted by Crippen LogP contribution is -2.20. The van der Waals surface area contributed by atoms with Gasteiger partial charge in [0.1, 0.15) is 11.6 Å². The number of hydrogen-bond donors (Lipinski definition) is 2. The van der Waals surface area contributed by atoms with Gasteiger partial charge in [0.2, 0.25) is 0 Å². The number of benzene rings is 3. The molecule has 8 nitrogen and oxygen atoms in total. The van der Waals surface area contributed by atoms with Gasteiger partial charge in [-0.3, -0.25) is 14.9 Å². The van der Waals surface area contributed by atoms with E-state index in [-0.39, 0.29) is 18.1 Å². The van der Waals surface area contributed by atoms with Gasteiger partial charge < -0.3 is 14.8 Å². The molecule has 174 valence electrons. The number of anilines is 2. The molecule has 4 aromatic rings. The van der Waals surface area contributed by atoms with Crippen molar-refractivity contribution in [2.75, 3.05) is 24.4 Å². The highest BCUT2D eigenvalue weighted by Crippen LogP contribution is 2.29. The predicted octanol–water partition coefficient (Wildman–Crippen LogP) is 4.87. The summed E-state index contributed by atoms with van der Waals surface area (Å²) in [6, 6.07) is 20.2. The molecule has 4 rings (SSSR count). The van der Waals surface area contributed by atoms with Crippen LogP contribution in [0.3, 0.4) is 0 Å². The first-order valence-corrected chi connectivity index (χ1v) is 11.4. The van der Waals surface area contributed by atoms with Crippen LogP contribution in [0.15, 0.2) is 77.8 Å². The highest BCUT2D eigenvalue weighted by atomic mass is 32.1. The topological polar surface area (TPSA) is 113 Å². The van der Waals surface area contributed by atoms with Gasteiger partial charge in [-0.25, -0.2) is 4.98 Å². The third-order valence-electron chi connectivity index (χ3n) is 4.91. The number of carbonyl (C=O) groups excluding carboxylic acids is 2. The summed E-state index contributed by atoms with van der Waals surface area (Å²) >= 11 is 1.30. The van der Waals surface area contributed by atoms with Crippen LogP contribution in [0.5, 0.6) is 11.5 Å². The Morgan fingerprint density at radius 3 is 2.63 bits per heavy atom. The van der Waals surface area contributed by atoms with Crippen LogP contribution in [0, 0.1) is 11.3 Å². The molecular weight excluding hydrogens is 464 g/mol. The van der Waals surface area contributed by atoms with Crippen LogP contribution < -0.4 is 20.1 Å². The Kier molecular flexibility index (Phi) is 7.35. The Morgan fingerprint density at radius 1 is 1.06 bits per heavy atom. The molecule has 0 aliphatic rings. The quantitative estimate of drug-likeness (QED) is 0.273. The van der Waals surface area contributed by atoms with E-state index >= 15 is 0 Å². The van der Waals surface area contributed by atoms with Gasteiger partial charge in [0.05, 0.1) is 7.11 Å². The third-order valence-corrected chi connectivity index (χ3v) is 5.60. The number of hydrogen-bond acceptors (Lipinski definition) is 7. The first-order valence-electron chi connectivity index (χ1n) is 10.5. The van der Waals surface area contributed by atoms with E-state index in [0.717, 1.165) is 10.8 Å². The van der Waals surface area contributed by atoms with Crippen molar-refractivity contribution in [1.29, 1.82) is 5.26 Å². The maximum atomic E-state index is 12.7. The van der Waals surface area contributed by atoms with Gasteiger partial charge in [-0.05, 0) is 46.7 Å². The van der Waals surface area contributed by atoms with E-state index in [1.165, 1.54) is 24.5 Å². The van der Waals surface area contributed by atoms with Crippen molar-refractivity contribution in [3.05, 3.63) is 83.4 Å². The number of fused-ring (bicyclic) bond motifs is 1. The SMILES string of the molecule is COc1cc(C=C(C#N)C(=O)Nc2ccc3ccccc3c2)ccc1OCC(=O)Nc1nccs1. The number of ether oxygens (including phenoxy) is 2. The number of nitrogens with one attached hydrogen (secondary N) is 2. The summed E-state index contributed by atoms with van der Waals surface area (Å²) in [5.41, 5.74) is 1.08. The molecule has 1 heterocycles. The summed E-state index contributed by atoms with van der Waals surface area (Å²) in [6.45, 7) is -0.233. The van der Waals surface area contributed by atoms with Crippen molar-refractivity contribution < 1.29 is 19.1 Å². The molecule has 0 aliphatic carbocycles. The highest BCUT2D eigenvalue weighted by Gasteiger charge is 2.13. The standard InChI is InChI=1S/C26H20N4O4S/c1-33-23-13-17(6-9-22(23)34-16-24(31)30-26-28-10-11-35-26)12-20(15-27)25(32)29-21-8-7-18-4-2-3-5-19(18)14-21/h2-14H,16H2,1H3,(H,29,32)(H,28,30,31). The number of aromatic nitrogens is 1. The Morgan fingerprint density at radius 2 is 1.89 bits per heavy atom. The molecule has 0 aliphatic heterocycles. The maximum absolute atomic E-state index is 12.7. The molecule has 0 unspecified atom stereocenters. The smallest absolute Gasteiger partial charge is 0.266 e. The Labute approximate surface area is 205 Å². The van der Waals surface area contributed by atoms with Crippen molar-refractivity contribution in [3.63, 3.8) is 0 Å². The molecule has 3 aromatic carbocycles. The van der Waals surface area contributed by atoms with Gasteiger partial charge in [0, 0.05) is 17.3 Å². The summed E-state index contributed by atoms with van der Waals surface area (Å²) in [6.07, 6.45) is 3.05. The Bertz CT molecular complexity index is 1440. The number of carbonyl (C=O) groups is 2. The first-order chi connectivity index (χ1) is 17.1. The fourth-order valence-corrected chi connectivity index (χ4v) is 3.80. The summed E-state index contributed by atoms with van der Waals surface area (Å²) in [4.78, 5) is 28.7. The number of rotatable bonds is 8. The molecule has 0 saturated carbocycles. The van der Waals surface area contributed by atoms with Crippen molar-refractivity contribution in [3.8, 4) is 17.6 Å². The lowest BCUT2D eigenvalue weighted by atomic mass is 10.1. The molecule has 0 bridgehead atoms. The minimum atomic E-state index is -0.527. The second kappa shape index (κ2) is 11.0. The average Bonchev–Trinajstić information content (AvgIpc) is 3.39. The van der Waals surface area contributed by atoms with Crippen LogP contribution in [0.25, 0.3) is 16.8 Å². The van der Waals surface area contributed by atoms with Crippen molar-refractivity contribution in [2.45, 2.75) is 0 Å². The highest BCUT2D eigenvalue weighted by molar-refractivity contribution is 7.13. The van der Waals surface area contributed by atoms with E-state index in [0.29, 0.717) is 27.9 Å². The molecule has 0 saturated heterocycles. The molecular formula is C26H20N4O4S. The van der Waals surface area contributed by atoms with Gasteiger partial charge in [-0.2, -0.15) is 5.26 Å². The first kappa shape index (κ1) is 23.5. The van der Waals surface area contributed by atoms with Crippen LogP contribution in [0.4, 0.5) is 10.8 Å².